The van der Waals surface area contributed by atoms with E-state index < -0.39 is 0 Å². The second-order valence-electron chi connectivity index (χ2n) is 7.85. The fourth-order valence-corrected chi connectivity index (χ4v) is 4.09. The highest BCUT2D eigenvalue weighted by Crippen LogP contribution is 2.45. The maximum Gasteiger partial charge on any atom is 0.271 e. The van der Waals surface area contributed by atoms with E-state index in [1.165, 1.54) is 6.42 Å². The number of nitrogen functional groups attached to an aromatic ring is 1. The summed E-state index contributed by atoms with van der Waals surface area (Å²) in [5.41, 5.74) is 7.31. The van der Waals surface area contributed by atoms with Gasteiger partial charge in [0.25, 0.3) is 5.91 Å². The molecule has 0 unspecified atom stereocenters. The van der Waals surface area contributed by atoms with Gasteiger partial charge in [-0.2, -0.15) is 5.10 Å². The predicted octanol–water partition coefficient (Wildman–Crippen LogP) is 2.82. The van der Waals surface area contributed by atoms with Crippen LogP contribution >= 0.6 is 0 Å². The van der Waals surface area contributed by atoms with Gasteiger partial charge in [-0.3, -0.25) is 9.48 Å². The normalized spacial score (nSPS) is 21.2. The second-order valence-corrected chi connectivity index (χ2v) is 7.85. The Morgan fingerprint density at radius 3 is 2.48 bits per heavy atom. The zero-order valence-electron chi connectivity index (χ0n) is 13.9. The number of aryl methyl sites for hydroxylation is 1. The van der Waals surface area contributed by atoms with Crippen LogP contribution in [0.4, 0.5) is 5.69 Å². The molecule has 0 radical (unpaired) electrons. The molecule has 1 aliphatic rings. The first kappa shape index (κ1) is 15.9. The van der Waals surface area contributed by atoms with Crippen LogP contribution in [0.2, 0.25) is 0 Å². The lowest BCUT2D eigenvalue weighted by Gasteiger charge is -2.45. The van der Waals surface area contributed by atoms with E-state index in [1.54, 1.807) is 10.9 Å². The first-order valence-corrected chi connectivity index (χ1v) is 7.76. The third-order valence-corrected chi connectivity index (χ3v) is 4.27. The molecule has 0 atom stereocenters. The van der Waals surface area contributed by atoms with Gasteiger partial charge in [0.2, 0.25) is 0 Å². The van der Waals surface area contributed by atoms with Crippen LogP contribution in [0.3, 0.4) is 0 Å². The number of nitrogens with two attached hydrogens (primary N) is 1. The van der Waals surface area contributed by atoms with Crippen LogP contribution in [0.25, 0.3) is 0 Å². The highest BCUT2D eigenvalue weighted by atomic mass is 16.2. The van der Waals surface area contributed by atoms with Crippen molar-refractivity contribution >= 4 is 11.6 Å². The minimum absolute atomic E-state index is 0.106. The molecular weight excluding hydrogens is 264 g/mol. The number of amides is 1. The SMILES string of the molecule is CCn1ncc(N)c1C(=O)NC1CC(C)(C)CC(C)(C)C1. The van der Waals surface area contributed by atoms with Crippen LogP contribution in [0.15, 0.2) is 6.20 Å². The standard InChI is InChI=1S/C16H28N4O/c1-6-20-13(12(17)9-18-20)14(21)19-11-7-15(2,3)10-16(4,5)8-11/h9,11H,6-8,10,17H2,1-5H3,(H,19,21). The molecule has 0 aliphatic heterocycles. The largest absolute Gasteiger partial charge is 0.396 e. The predicted molar refractivity (Wildman–Crippen MR) is 85.0 cm³/mol. The molecule has 5 nitrogen and oxygen atoms in total. The fraction of sp³-hybridized carbons (Fsp3) is 0.750. The Morgan fingerprint density at radius 1 is 1.38 bits per heavy atom. The van der Waals surface area contributed by atoms with Gasteiger partial charge < -0.3 is 11.1 Å². The van der Waals surface area contributed by atoms with Crippen molar-refractivity contribution in [2.24, 2.45) is 10.8 Å². The quantitative estimate of drug-likeness (QED) is 0.899. The number of aromatic nitrogens is 2. The van der Waals surface area contributed by atoms with Gasteiger partial charge in [0.1, 0.15) is 5.69 Å². The number of rotatable bonds is 3. The van der Waals surface area contributed by atoms with Crippen molar-refractivity contribution in [1.29, 1.82) is 0 Å². The Bertz CT molecular complexity index is 514. The molecule has 1 saturated carbocycles. The molecule has 1 heterocycles. The number of anilines is 1. The summed E-state index contributed by atoms with van der Waals surface area (Å²) in [5.74, 6) is -0.106. The van der Waals surface area contributed by atoms with Crippen molar-refractivity contribution in [2.75, 3.05) is 5.73 Å². The molecule has 5 heteroatoms. The maximum atomic E-state index is 12.5. The van der Waals surface area contributed by atoms with Gasteiger partial charge in [-0.25, -0.2) is 0 Å². The molecule has 1 aliphatic carbocycles. The minimum atomic E-state index is -0.106. The third kappa shape index (κ3) is 3.57. The highest BCUT2D eigenvalue weighted by Gasteiger charge is 2.39. The number of carbonyl (C=O) groups excluding carboxylic acids is 1. The molecule has 0 bridgehead atoms. The topological polar surface area (TPSA) is 72.9 Å². The third-order valence-electron chi connectivity index (χ3n) is 4.27. The average molecular weight is 292 g/mol. The number of nitrogens with zero attached hydrogens (tertiary/aromatic N) is 2. The molecule has 1 aromatic heterocycles. The molecule has 1 fully saturated rings. The van der Waals surface area contributed by atoms with Crippen LogP contribution in [0.5, 0.6) is 0 Å². The van der Waals surface area contributed by atoms with Crippen molar-refractivity contribution in [2.45, 2.75) is 66.5 Å². The van der Waals surface area contributed by atoms with Crippen LogP contribution in [-0.2, 0) is 6.54 Å². The smallest absolute Gasteiger partial charge is 0.271 e. The summed E-state index contributed by atoms with van der Waals surface area (Å²) in [6.07, 6.45) is 4.74. The Kier molecular flexibility index (Phi) is 4.04. The van der Waals surface area contributed by atoms with Gasteiger partial charge in [0, 0.05) is 12.6 Å². The lowest BCUT2D eigenvalue weighted by molar-refractivity contribution is 0.0707. The summed E-state index contributed by atoms with van der Waals surface area (Å²) in [6, 6.07) is 0.191. The van der Waals surface area contributed by atoms with Crippen LogP contribution in [0.1, 0.15) is 64.4 Å². The Balaban J connectivity index is 2.14. The van der Waals surface area contributed by atoms with E-state index in [9.17, 15) is 4.79 Å². The summed E-state index contributed by atoms with van der Waals surface area (Å²) in [4.78, 5) is 12.5. The van der Waals surface area contributed by atoms with Gasteiger partial charge in [0.15, 0.2) is 0 Å². The Morgan fingerprint density at radius 2 is 1.95 bits per heavy atom. The average Bonchev–Trinajstić information content (AvgIpc) is 2.65. The highest BCUT2D eigenvalue weighted by molar-refractivity contribution is 5.97. The number of nitrogens with one attached hydrogen (secondary N) is 1. The molecular formula is C16H28N4O. The van der Waals surface area contributed by atoms with E-state index in [0.29, 0.717) is 17.9 Å². The van der Waals surface area contributed by atoms with E-state index in [-0.39, 0.29) is 22.8 Å². The molecule has 0 saturated heterocycles. The molecule has 3 N–H and O–H groups in total. The zero-order chi connectivity index (χ0) is 15.8. The van der Waals surface area contributed by atoms with Gasteiger partial charge in [-0.15, -0.1) is 0 Å². The molecule has 118 valence electrons. The fourth-order valence-electron chi connectivity index (χ4n) is 4.09. The molecule has 0 spiro atoms. The van der Waals surface area contributed by atoms with Gasteiger partial charge in [-0.05, 0) is 37.0 Å². The van der Waals surface area contributed by atoms with Crippen molar-refractivity contribution in [3.05, 3.63) is 11.9 Å². The van der Waals surface area contributed by atoms with E-state index >= 15 is 0 Å². The number of hydrogen-bond donors (Lipinski definition) is 2. The van der Waals surface area contributed by atoms with Crippen LogP contribution < -0.4 is 11.1 Å². The second kappa shape index (κ2) is 5.35. The van der Waals surface area contributed by atoms with E-state index in [4.69, 9.17) is 5.73 Å². The Hall–Kier alpha value is -1.52. The maximum absolute atomic E-state index is 12.5. The first-order valence-electron chi connectivity index (χ1n) is 7.76. The van der Waals surface area contributed by atoms with Crippen LogP contribution in [-0.4, -0.2) is 21.7 Å². The lowest BCUT2D eigenvalue weighted by Crippen LogP contribution is -2.46. The first-order chi connectivity index (χ1) is 9.63. The molecule has 1 aromatic rings. The summed E-state index contributed by atoms with van der Waals surface area (Å²) < 4.78 is 1.66. The van der Waals surface area contributed by atoms with Gasteiger partial charge >= 0.3 is 0 Å². The Labute approximate surface area is 127 Å². The number of carbonyl (C=O) groups is 1. The van der Waals surface area contributed by atoms with Crippen molar-refractivity contribution in [3.63, 3.8) is 0 Å². The van der Waals surface area contributed by atoms with E-state index in [0.717, 1.165) is 12.8 Å². The summed E-state index contributed by atoms with van der Waals surface area (Å²) >= 11 is 0. The summed E-state index contributed by atoms with van der Waals surface area (Å²) in [5, 5.41) is 7.30. The minimum Gasteiger partial charge on any atom is -0.396 e. The van der Waals surface area contributed by atoms with Crippen molar-refractivity contribution < 1.29 is 4.79 Å². The van der Waals surface area contributed by atoms with Crippen molar-refractivity contribution in [1.82, 2.24) is 15.1 Å². The lowest BCUT2D eigenvalue weighted by atomic mass is 9.63. The summed E-state index contributed by atoms with van der Waals surface area (Å²) in [6.45, 7) is 11.7. The van der Waals surface area contributed by atoms with Crippen LogP contribution in [0, 0.1) is 10.8 Å². The van der Waals surface area contributed by atoms with Gasteiger partial charge in [-0.1, -0.05) is 27.7 Å². The monoisotopic (exact) mass is 292 g/mol. The molecule has 2 rings (SSSR count). The van der Waals surface area contributed by atoms with E-state index in [2.05, 4.69) is 38.1 Å². The van der Waals surface area contributed by atoms with Crippen molar-refractivity contribution in [3.8, 4) is 0 Å². The zero-order valence-corrected chi connectivity index (χ0v) is 13.9. The van der Waals surface area contributed by atoms with Gasteiger partial charge in [0.05, 0.1) is 11.9 Å². The summed E-state index contributed by atoms with van der Waals surface area (Å²) in [7, 11) is 0. The van der Waals surface area contributed by atoms with E-state index in [1.807, 2.05) is 6.92 Å². The molecule has 21 heavy (non-hydrogen) atoms. The molecule has 0 aromatic carbocycles. The number of hydrogen-bond acceptors (Lipinski definition) is 3. The molecule has 1 amide bonds.